The molecule has 2 heterocycles. The van der Waals surface area contributed by atoms with Crippen molar-refractivity contribution in [3.05, 3.63) is 60.2 Å². The fourth-order valence-electron chi connectivity index (χ4n) is 2.06. The van der Waals surface area contributed by atoms with Gasteiger partial charge in [-0.2, -0.15) is 0 Å². The minimum atomic E-state index is -0.0985. The Labute approximate surface area is 111 Å². The number of fused-ring (bicyclic) bond motifs is 1. The van der Waals surface area contributed by atoms with Crippen molar-refractivity contribution in [1.29, 1.82) is 0 Å². The van der Waals surface area contributed by atoms with E-state index in [4.69, 9.17) is 10.8 Å². The molecule has 1 atom stereocenters. The summed E-state index contributed by atoms with van der Waals surface area (Å²) >= 11 is 0. The molecule has 1 aromatic carbocycles. The van der Waals surface area contributed by atoms with Gasteiger partial charge in [-0.25, -0.2) is 4.98 Å². The van der Waals surface area contributed by atoms with Gasteiger partial charge in [0.25, 0.3) is 0 Å². The maximum atomic E-state index is 5.79. The summed E-state index contributed by atoms with van der Waals surface area (Å²) in [6, 6.07) is 13.4. The molecule has 0 saturated carbocycles. The lowest BCUT2D eigenvalue weighted by Crippen LogP contribution is -2.02. The van der Waals surface area contributed by atoms with Crippen molar-refractivity contribution in [2.24, 2.45) is 0 Å². The third kappa shape index (κ3) is 2.21. The second-order valence-corrected chi connectivity index (χ2v) is 4.24. The Hall–Kier alpha value is -2.60. The summed E-state index contributed by atoms with van der Waals surface area (Å²) in [6.07, 6.45) is 7.72. The summed E-state index contributed by atoms with van der Waals surface area (Å²) in [5.41, 5.74) is 2.50. The molecule has 0 bridgehead atoms. The first-order valence-corrected chi connectivity index (χ1v) is 6.08. The van der Waals surface area contributed by atoms with E-state index >= 15 is 0 Å². The lowest BCUT2D eigenvalue weighted by molar-refractivity contribution is 0.498. The molecule has 0 fully saturated rings. The van der Waals surface area contributed by atoms with Crippen molar-refractivity contribution in [3.63, 3.8) is 0 Å². The molecule has 3 nitrogen and oxygen atoms in total. The maximum Gasteiger partial charge on any atom is 0.205 e. The zero-order chi connectivity index (χ0) is 13.1. The van der Waals surface area contributed by atoms with Gasteiger partial charge in [0.2, 0.25) is 5.89 Å². The van der Waals surface area contributed by atoms with Crippen molar-refractivity contribution < 1.29 is 4.42 Å². The van der Waals surface area contributed by atoms with Crippen molar-refractivity contribution in [3.8, 4) is 12.3 Å². The normalized spacial score (nSPS) is 12.2. The van der Waals surface area contributed by atoms with Crippen LogP contribution >= 0.6 is 0 Å². The molecule has 0 spiro atoms. The number of aromatic nitrogens is 2. The monoisotopic (exact) mass is 248 g/mol. The Kier molecular flexibility index (Phi) is 2.99. The van der Waals surface area contributed by atoms with Crippen molar-refractivity contribution in [2.45, 2.75) is 12.3 Å². The molecule has 0 aliphatic carbocycles. The Bertz CT molecular complexity index is 692. The van der Waals surface area contributed by atoms with Gasteiger partial charge in [-0.3, -0.25) is 4.98 Å². The van der Waals surface area contributed by atoms with Crippen LogP contribution in [0.25, 0.3) is 11.1 Å². The molecule has 0 radical (unpaired) electrons. The van der Waals surface area contributed by atoms with Crippen LogP contribution in [0.3, 0.4) is 0 Å². The highest BCUT2D eigenvalue weighted by atomic mass is 16.3. The van der Waals surface area contributed by atoms with Gasteiger partial charge < -0.3 is 4.42 Å². The summed E-state index contributed by atoms with van der Waals surface area (Å²) in [4.78, 5) is 8.85. The number of benzene rings is 1. The molecule has 0 aliphatic heterocycles. The Balaban J connectivity index is 2.07. The fraction of sp³-hybridized carbons (Fsp3) is 0.125. The molecule has 3 heteroatoms. The van der Waals surface area contributed by atoms with Gasteiger partial charge in [-0.1, -0.05) is 18.2 Å². The average Bonchev–Trinajstić information content (AvgIpc) is 2.89. The van der Waals surface area contributed by atoms with E-state index in [1.165, 1.54) is 0 Å². The highest BCUT2D eigenvalue weighted by Gasteiger charge is 2.20. The van der Waals surface area contributed by atoms with Gasteiger partial charge >= 0.3 is 0 Å². The zero-order valence-corrected chi connectivity index (χ0v) is 10.3. The summed E-state index contributed by atoms with van der Waals surface area (Å²) in [5, 5.41) is 0. The average molecular weight is 248 g/mol. The van der Waals surface area contributed by atoms with E-state index in [0.717, 1.165) is 16.8 Å². The molecule has 92 valence electrons. The zero-order valence-electron chi connectivity index (χ0n) is 10.3. The molecule has 2 aromatic heterocycles. The highest BCUT2D eigenvalue weighted by molar-refractivity contribution is 5.72. The Morgan fingerprint density at radius 1 is 1.16 bits per heavy atom. The van der Waals surface area contributed by atoms with Gasteiger partial charge in [-0.15, -0.1) is 12.3 Å². The Morgan fingerprint density at radius 2 is 2.00 bits per heavy atom. The van der Waals surface area contributed by atoms with Crippen LogP contribution in [0.15, 0.2) is 53.1 Å². The molecule has 19 heavy (non-hydrogen) atoms. The van der Waals surface area contributed by atoms with E-state index < -0.39 is 0 Å². The molecular weight excluding hydrogens is 236 g/mol. The maximum absolute atomic E-state index is 5.79. The predicted molar refractivity (Wildman–Crippen MR) is 73.5 cm³/mol. The molecule has 0 N–H and O–H groups in total. The smallest absolute Gasteiger partial charge is 0.205 e. The predicted octanol–water partition coefficient (Wildman–Crippen LogP) is 3.38. The van der Waals surface area contributed by atoms with Crippen molar-refractivity contribution in [1.82, 2.24) is 9.97 Å². The molecule has 1 unspecified atom stereocenters. The lowest BCUT2D eigenvalue weighted by Gasteiger charge is -2.08. The number of oxazole rings is 1. The number of nitrogens with zero attached hydrogens (tertiary/aromatic N) is 2. The van der Waals surface area contributed by atoms with E-state index in [9.17, 15) is 0 Å². The van der Waals surface area contributed by atoms with Crippen LogP contribution in [0.4, 0.5) is 0 Å². The summed E-state index contributed by atoms with van der Waals surface area (Å²) in [6.45, 7) is 0. The lowest BCUT2D eigenvalue weighted by atomic mass is 10.0. The summed E-state index contributed by atoms with van der Waals surface area (Å²) < 4.78 is 5.79. The first-order chi connectivity index (χ1) is 9.38. The third-order valence-corrected chi connectivity index (χ3v) is 2.98. The van der Waals surface area contributed by atoms with E-state index in [2.05, 4.69) is 15.9 Å². The van der Waals surface area contributed by atoms with Crippen molar-refractivity contribution in [2.75, 3.05) is 0 Å². The SMILES string of the molecule is C#CCC(c1ccccn1)c1nc2ccccc2o1. The van der Waals surface area contributed by atoms with Gasteiger partial charge in [0, 0.05) is 12.6 Å². The second kappa shape index (κ2) is 4.95. The topological polar surface area (TPSA) is 38.9 Å². The van der Waals surface area contributed by atoms with Crippen LogP contribution in [0, 0.1) is 12.3 Å². The fourth-order valence-corrected chi connectivity index (χ4v) is 2.06. The van der Waals surface area contributed by atoms with E-state index in [1.54, 1.807) is 6.20 Å². The number of terminal acetylenes is 1. The minimum absolute atomic E-state index is 0.0985. The van der Waals surface area contributed by atoms with Crippen LogP contribution in [-0.4, -0.2) is 9.97 Å². The van der Waals surface area contributed by atoms with Crippen molar-refractivity contribution >= 4 is 11.1 Å². The van der Waals surface area contributed by atoms with E-state index in [1.807, 2.05) is 42.5 Å². The summed E-state index contributed by atoms with van der Waals surface area (Å²) in [5.74, 6) is 3.19. The first kappa shape index (κ1) is 11.5. The van der Waals surface area contributed by atoms with Crippen LogP contribution < -0.4 is 0 Å². The Morgan fingerprint density at radius 3 is 2.74 bits per heavy atom. The first-order valence-electron chi connectivity index (χ1n) is 6.08. The van der Waals surface area contributed by atoms with Crippen LogP contribution in [0.2, 0.25) is 0 Å². The number of hydrogen-bond donors (Lipinski definition) is 0. The van der Waals surface area contributed by atoms with Crippen LogP contribution in [0.1, 0.15) is 23.9 Å². The minimum Gasteiger partial charge on any atom is -0.440 e. The number of para-hydroxylation sites is 2. The summed E-state index contributed by atoms with van der Waals surface area (Å²) in [7, 11) is 0. The van der Waals surface area contributed by atoms with Crippen LogP contribution in [-0.2, 0) is 0 Å². The molecule has 0 amide bonds. The number of hydrogen-bond acceptors (Lipinski definition) is 3. The third-order valence-electron chi connectivity index (χ3n) is 2.98. The molecule has 3 rings (SSSR count). The second-order valence-electron chi connectivity index (χ2n) is 4.24. The quantitative estimate of drug-likeness (QED) is 0.667. The highest BCUT2D eigenvalue weighted by Crippen LogP contribution is 2.28. The van der Waals surface area contributed by atoms with E-state index in [0.29, 0.717) is 12.3 Å². The molecule has 0 saturated heterocycles. The van der Waals surface area contributed by atoms with Gasteiger partial charge in [-0.05, 0) is 24.3 Å². The molecule has 3 aromatic rings. The standard InChI is InChI=1S/C16H12N2O/c1-2-7-12(13-8-5-6-11-17-13)16-18-14-9-3-4-10-15(14)19-16/h1,3-6,8-12H,7H2. The number of pyridine rings is 1. The number of rotatable bonds is 3. The van der Waals surface area contributed by atoms with E-state index in [-0.39, 0.29) is 5.92 Å². The van der Waals surface area contributed by atoms with Gasteiger partial charge in [0.05, 0.1) is 11.6 Å². The molecular formula is C16H12N2O. The largest absolute Gasteiger partial charge is 0.440 e. The molecule has 0 aliphatic rings. The van der Waals surface area contributed by atoms with Gasteiger partial charge in [0.15, 0.2) is 5.58 Å². The van der Waals surface area contributed by atoms with Gasteiger partial charge in [0.1, 0.15) is 5.52 Å². The van der Waals surface area contributed by atoms with Crippen LogP contribution in [0.5, 0.6) is 0 Å².